The molecule has 0 amide bonds. The first-order valence-electron chi connectivity index (χ1n) is 7.32. The molecule has 1 fully saturated rings. The zero-order valence-corrected chi connectivity index (χ0v) is 14.8. The molecule has 1 aliphatic heterocycles. The molecule has 0 bridgehead atoms. The Morgan fingerprint density at radius 1 is 1.43 bits per heavy atom. The molecule has 0 saturated carbocycles. The summed E-state index contributed by atoms with van der Waals surface area (Å²) in [5.41, 5.74) is 1.04. The smallest absolute Gasteiger partial charge is 0.252 e. The molecule has 1 aromatic rings. The predicted octanol–water partition coefficient (Wildman–Crippen LogP) is 1.57. The molecular weight excluding hydrogens is 306 g/mol. The van der Waals surface area contributed by atoms with E-state index < -0.39 is 10.0 Å². The van der Waals surface area contributed by atoms with Crippen molar-refractivity contribution in [1.82, 2.24) is 14.5 Å². The van der Waals surface area contributed by atoms with Crippen molar-refractivity contribution in [3.63, 3.8) is 0 Å². The van der Waals surface area contributed by atoms with Crippen molar-refractivity contribution >= 4 is 21.4 Å². The molecule has 1 N–H and O–H groups in total. The molecule has 120 valence electrons. The Morgan fingerprint density at radius 3 is 2.76 bits per heavy atom. The van der Waals surface area contributed by atoms with Gasteiger partial charge >= 0.3 is 0 Å². The van der Waals surface area contributed by atoms with Crippen LogP contribution in [-0.2, 0) is 16.6 Å². The normalized spacial score (nSPS) is 22.0. The van der Waals surface area contributed by atoms with E-state index in [2.05, 4.69) is 24.1 Å². The molecule has 1 unspecified atom stereocenters. The van der Waals surface area contributed by atoms with Crippen LogP contribution in [0.25, 0.3) is 0 Å². The van der Waals surface area contributed by atoms with Gasteiger partial charge in [0, 0.05) is 38.3 Å². The van der Waals surface area contributed by atoms with Crippen LogP contribution >= 0.6 is 11.3 Å². The zero-order chi connectivity index (χ0) is 15.6. The van der Waals surface area contributed by atoms with Crippen molar-refractivity contribution < 1.29 is 8.42 Å². The van der Waals surface area contributed by atoms with E-state index in [1.807, 2.05) is 19.4 Å². The summed E-state index contributed by atoms with van der Waals surface area (Å²) in [6.07, 6.45) is 0. The molecule has 21 heavy (non-hydrogen) atoms. The summed E-state index contributed by atoms with van der Waals surface area (Å²) in [6, 6.07) is 2.22. The molecule has 1 aliphatic rings. The van der Waals surface area contributed by atoms with Crippen LogP contribution in [0.3, 0.4) is 0 Å². The number of piperazine rings is 1. The lowest BCUT2D eigenvalue weighted by Gasteiger charge is -2.36. The standard InChI is InChI=1S/C14H25N3O2S2/c1-11(2)15-8-13-7-14(20-10-13)21(18,19)17-6-5-16(4)9-12(17)3/h7,10-12,15H,5-6,8-9H2,1-4H3. The van der Waals surface area contributed by atoms with Gasteiger partial charge in [-0.15, -0.1) is 11.3 Å². The van der Waals surface area contributed by atoms with Gasteiger partial charge in [0.2, 0.25) is 0 Å². The summed E-state index contributed by atoms with van der Waals surface area (Å²) < 4.78 is 27.6. The molecular formula is C14H25N3O2S2. The summed E-state index contributed by atoms with van der Waals surface area (Å²) in [5, 5.41) is 5.25. The fraction of sp³-hybridized carbons (Fsp3) is 0.714. The Labute approximate surface area is 132 Å². The van der Waals surface area contributed by atoms with Gasteiger partial charge in [0.15, 0.2) is 0 Å². The number of rotatable bonds is 5. The maximum absolute atomic E-state index is 12.8. The van der Waals surface area contributed by atoms with Gasteiger partial charge < -0.3 is 10.2 Å². The van der Waals surface area contributed by atoms with E-state index in [-0.39, 0.29) is 6.04 Å². The second kappa shape index (κ2) is 6.75. The first kappa shape index (κ1) is 16.9. The highest BCUT2D eigenvalue weighted by Crippen LogP contribution is 2.26. The lowest BCUT2D eigenvalue weighted by atomic mass is 10.2. The zero-order valence-electron chi connectivity index (χ0n) is 13.2. The van der Waals surface area contributed by atoms with E-state index in [1.54, 1.807) is 10.4 Å². The molecule has 7 heteroatoms. The SMILES string of the molecule is CC(C)NCc1csc(S(=O)(=O)N2CCN(C)CC2C)c1. The largest absolute Gasteiger partial charge is 0.310 e. The number of nitrogens with one attached hydrogen (secondary N) is 1. The highest BCUT2D eigenvalue weighted by atomic mass is 32.2. The van der Waals surface area contributed by atoms with Gasteiger partial charge in [-0.3, -0.25) is 0 Å². The quantitative estimate of drug-likeness (QED) is 0.890. The molecule has 2 rings (SSSR count). The van der Waals surface area contributed by atoms with Gasteiger partial charge in [0.1, 0.15) is 4.21 Å². The summed E-state index contributed by atoms with van der Waals surface area (Å²) in [5.74, 6) is 0. The van der Waals surface area contributed by atoms with Crippen LogP contribution in [-0.4, -0.2) is 56.4 Å². The van der Waals surface area contributed by atoms with Crippen molar-refractivity contribution in [3.05, 3.63) is 17.0 Å². The molecule has 0 spiro atoms. The predicted molar refractivity (Wildman–Crippen MR) is 87.1 cm³/mol. The summed E-state index contributed by atoms with van der Waals surface area (Å²) in [7, 11) is -1.33. The van der Waals surface area contributed by atoms with E-state index in [0.29, 0.717) is 23.3 Å². The minimum atomic E-state index is -3.35. The molecule has 1 aromatic heterocycles. The molecule has 0 aromatic carbocycles. The average Bonchev–Trinajstić information content (AvgIpc) is 2.85. The fourth-order valence-electron chi connectivity index (χ4n) is 2.50. The van der Waals surface area contributed by atoms with Gasteiger partial charge in [-0.1, -0.05) is 13.8 Å². The van der Waals surface area contributed by atoms with E-state index in [9.17, 15) is 8.42 Å². The maximum Gasteiger partial charge on any atom is 0.252 e. The van der Waals surface area contributed by atoms with Crippen molar-refractivity contribution in [3.8, 4) is 0 Å². The minimum absolute atomic E-state index is 0.0214. The first-order valence-corrected chi connectivity index (χ1v) is 9.64. The Hall–Kier alpha value is -0.470. The lowest BCUT2D eigenvalue weighted by molar-refractivity contribution is 0.170. The van der Waals surface area contributed by atoms with Crippen molar-refractivity contribution in [2.75, 3.05) is 26.7 Å². The van der Waals surface area contributed by atoms with E-state index in [0.717, 1.165) is 18.7 Å². The summed E-state index contributed by atoms with van der Waals surface area (Å²) >= 11 is 1.32. The second-order valence-corrected chi connectivity index (χ2v) is 9.07. The van der Waals surface area contributed by atoms with E-state index in [1.165, 1.54) is 11.3 Å². The number of thiophene rings is 1. The summed E-state index contributed by atoms with van der Waals surface area (Å²) in [4.78, 5) is 2.17. The number of nitrogens with zero attached hydrogens (tertiary/aromatic N) is 2. The topological polar surface area (TPSA) is 52.7 Å². The minimum Gasteiger partial charge on any atom is -0.310 e. The van der Waals surface area contributed by atoms with Gasteiger partial charge in [-0.05, 0) is 31.0 Å². The van der Waals surface area contributed by atoms with Crippen LogP contribution in [0.5, 0.6) is 0 Å². The van der Waals surface area contributed by atoms with Crippen molar-refractivity contribution in [2.45, 2.75) is 43.6 Å². The Bertz CT molecular complexity index is 569. The molecule has 5 nitrogen and oxygen atoms in total. The second-order valence-electron chi connectivity index (χ2n) is 6.04. The molecule has 1 saturated heterocycles. The third-order valence-electron chi connectivity index (χ3n) is 3.68. The molecule has 2 heterocycles. The third-order valence-corrected chi connectivity index (χ3v) is 7.15. The van der Waals surface area contributed by atoms with Crippen LogP contribution in [0, 0.1) is 0 Å². The Balaban J connectivity index is 2.12. The van der Waals surface area contributed by atoms with Gasteiger partial charge in [0.25, 0.3) is 10.0 Å². The van der Waals surface area contributed by atoms with Crippen molar-refractivity contribution in [1.29, 1.82) is 0 Å². The van der Waals surface area contributed by atoms with E-state index in [4.69, 9.17) is 0 Å². The summed E-state index contributed by atoms with van der Waals surface area (Å²) in [6.45, 7) is 8.98. The Morgan fingerprint density at radius 2 is 2.14 bits per heavy atom. The number of hydrogen-bond acceptors (Lipinski definition) is 5. The number of sulfonamides is 1. The van der Waals surface area contributed by atoms with Gasteiger partial charge in [0.05, 0.1) is 0 Å². The average molecular weight is 332 g/mol. The van der Waals surface area contributed by atoms with E-state index >= 15 is 0 Å². The maximum atomic E-state index is 12.8. The number of hydrogen-bond donors (Lipinski definition) is 1. The van der Waals surface area contributed by atoms with Crippen LogP contribution in [0.1, 0.15) is 26.3 Å². The monoisotopic (exact) mass is 331 g/mol. The van der Waals surface area contributed by atoms with Crippen LogP contribution in [0.2, 0.25) is 0 Å². The lowest BCUT2D eigenvalue weighted by Crippen LogP contribution is -2.52. The third kappa shape index (κ3) is 4.04. The molecule has 0 aliphatic carbocycles. The van der Waals surface area contributed by atoms with Gasteiger partial charge in [-0.2, -0.15) is 4.31 Å². The van der Waals surface area contributed by atoms with Crippen molar-refractivity contribution in [2.24, 2.45) is 0 Å². The van der Waals surface area contributed by atoms with Crippen LogP contribution < -0.4 is 5.32 Å². The number of likely N-dealkylation sites (N-methyl/N-ethyl adjacent to an activating group) is 1. The highest BCUT2D eigenvalue weighted by molar-refractivity contribution is 7.91. The van der Waals surface area contributed by atoms with Crippen LogP contribution in [0.4, 0.5) is 0 Å². The fourth-order valence-corrected chi connectivity index (χ4v) is 5.45. The van der Waals surface area contributed by atoms with Gasteiger partial charge in [-0.25, -0.2) is 8.42 Å². The molecule has 1 atom stereocenters. The van der Waals surface area contributed by atoms with Crippen LogP contribution in [0.15, 0.2) is 15.7 Å². The molecule has 0 radical (unpaired) electrons. The Kier molecular flexibility index (Phi) is 5.43. The highest BCUT2D eigenvalue weighted by Gasteiger charge is 2.33. The first-order chi connectivity index (χ1) is 9.80.